The third-order valence-corrected chi connectivity index (χ3v) is 3.90. The lowest BCUT2D eigenvalue weighted by Gasteiger charge is -2.15. The number of fused-ring (bicyclic) bond motifs is 1. The first-order valence-corrected chi connectivity index (χ1v) is 8.09. The molecule has 0 N–H and O–H groups in total. The molecule has 0 aromatic heterocycles. The van der Waals surface area contributed by atoms with E-state index in [2.05, 4.69) is 9.73 Å². The van der Waals surface area contributed by atoms with Gasteiger partial charge in [0.2, 0.25) is 5.90 Å². The molecule has 5 nitrogen and oxygen atoms in total. The number of cyclic esters (lactones) is 1. The van der Waals surface area contributed by atoms with Gasteiger partial charge in [0.1, 0.15) is 18.1 Å². The summed E-state index contributed by atoms with van der Waals surface area (Å²) in [6, 6.07) is 13.4. The highest BCUT2D eigenvalue weighted by atomic mass is 19.3. The minimum absolute atomic E-state index is 0.0312. The van der Waals surface area contributed by atoms with Crippen molar-refractivity contribution in [2.75, 3.05) is 6.61 Å². The molecule has 2 aliphatic heterocycles. The Morgan fingerprint density at radius 1 is 1.15 bits per heavy atom. The van der Waals surface area contributed by atoms with Crippen molar-refractivity contribution in [2.45, 2.75) is 6.61 Å². The summed E-state index contributed by atoms with van der Waals surface area (Å²) in [6.45, 7) is -2.64. The van der Waals surface area contributed by atoms with Crippen molar-refractivity contribution in [3.8, 4) is 11.5 Å². The number of aliphatic imine (C=N–C) groups is 1. The fourth-order valence-electron chi connectivity index (χ4n) is 2.73. The lowest BCUT2D eigenvalue weighted by Crippen LogP contribution is -2.08. The van der Waals surface area contributed by atoms with E-state index in [1.807, 2.05) is 30.3 Å². The van der Waals surface area contributed by atoms with Gasteiger partial charge in [-0.15, -0.1) is 0 Å². The van der Waals surface area contributed by atoms with Gasteiger partial charge in [-0.1, -0.05) is 24.3 Å². The SMILES string of the molecule is O=C1OC(c2cccc(OC(F)F)c2)=N/C1=C\C1=Cc2ccccc2OC1. The predicted octanol–water partition coefficient (Wildman–Crippen LogP) is 3.95. The molecule has 0 unspecified atom stereocenters. The molecular weight excluding hydrogens is 356 g/mol. The lowest BCUT2D eigenvalue weighted by atomic mass is 10.1. The van der Waals surface area contributed by atoms with E-state index in [0.717, 1.165) is 16.9 Å². The molecule has 0 amide bonds. The van der Waals surface area contributed by atoms with E-state index in [4.69, 9.17) is 9.47 Å². The second-order valence-electron chi connectivity index (χ2n) is 5.79. The van der Waals surface area contributed by atoms with Crippen molar-refractivity contribution in [2.24, 2.45) is 4.99 Å². The Labute approximate surface area is 153 Å². The Kier molecular flexibility index (Phi) is 4.42. The van der Waals surface area contributed by atoms with Gasteiger partial charge >= 0.3 is 12.6 Å². The van der Waals surface area contributed by atoms with Crippen LogP contribution in [0.15, 0.2) is 70.9 Å². The summed E-state index contributed by atoms with van der Waals surface area (Å²) in [4.78, 5) is 16.3. The molecule has 0 bridgehead atoms. The van der Waals surface area contributed by atoms with Crippen LogP contribution in [-0.4, -0.2) is 25.1 Å². The van der Waals surface area contributed by atoms with Crippen LogP contribution < -0.4 is 9.47 Å². The number of esters is 1. The van der Waals surface area contributed by atoms with Crippen molar-refractivity contribution >= 4 is 17.9 Å². The Morgan fingerprint density at radius 2 is 2.00 bits per heavy atom. The van der Waals surface area contributed by atoms with Crippen LogP contribution in [0.3, 0.4) is 0 Å². The third kappa shape index (κ3) is 3.72. The van der Waals surface area contributed by atoms with Crippen molar-refractivity contribution in [1.82, 2.24) is 0 Å². The number of nitrogens with zero attached hydrogens (tertiary/aromatic N) is 1. The summed E-state index contributed by atoms with van der Waals surface area (Å²) in [6.07, 6.45) is 3.49. The predicted molar refractivity (Wildman–Crippen MR) is 93.7 cm³/mol. The van der Waals surface area contributed by atoms with Crippen LogP contribution in [0, 0.1) is 0 Å². The Balaban J connectivity index is 1.61. The zero-order valence-electron chi connectivity index (χ0n) is 13.9. The summed E-state index contributed by atoms with van der Waals surface area (Å²) in [5.41, 5.74) is 2.15. The molecule has 2 aromatic carbocycles. The average Bonchev–Trinajstić information content (AvgIpc) is 3.02. The molecule has 136 valence electrons. The van der Waals surface area contributed by atoms with Gasteiger partial charge in [0.15, 0.2) is 5.70 Å². The van der Waals surface area contributed by atoms with Crippen molar-refractivity contribution < 1.29 is 27.8 Å². The maximum absolute atomic E-state index is 12.4. The first-order chi connectivity index (χ1) is 13.1. The molecule has 0 saturated heterocycles. The molecule has 4 rings (SSSR count). The summed E-state index contributed by atoms with van der Waals surface area (Å²) >= 11 is 0. The van der Waals surface area contributed by atoms with E-state index in [1.54, 1.807) is 12.1 Å². The van der Waals surface area contributed by atoms with E-state index in [9.17, 15) is 13.6 Å². The molecule has 0 spiro atoms. The molecule has 7 heteroatoms. The number of hydrogen-bond donors (Lipinski definition) is 0. The first-order valence-electron chi connectivity index (χ1n) is 8.09. The Hall–Kier alpha value is -3.48. The summed E-state index contributed by atoms with van der Waals surface area (Å²) in [7, 11) is 0. The maximum atomic E-state index is 12.4. The lowest BCUT2D eigenvalue weighted by molar-refractivity contribution is -0.130. The maximum Gasteiger partial charge on any atom is 0.387 e. The van der Waals surface area contributed by atoms with Crippen LogP contribution >= 0.6 is 0 Å². The quantitative estimate of drug-likeness (QED) is 0.605. The molecule has 0 saturated carbocycles. The normalized spacial score (nSPS) is 17.1. The van der Waals surface area contributed by atoms with E-state index in [1.165, 1.54) is 18.2 Å². The van der Waals surface area contributed by atoms with Gasteiger partial charge < -0.3 is 14.2 Å². The summed E-state index contributed by atoms with van der Waals surface area (Å²) < 4.78 is 39.9. The number of hydrogen-bond acceptors (Lipinski definition) is 5. The van der Waals surface area contributed by atoms with Crippen LogP contribution in [0.2, 0.25) is 0 Å². The molecule has 27 heavy (non-hydrogen) atoms. The Bertz CT molecular complexity index is 995. The summed E-state index contributed by atoms with van der Waals surface area (Å²) in [5.74, 6) is 0.140. The van der Waals surface area contributed by atoms with Gasteiger partial charge in [-0.05, 0) is 42.0 Å². The number of benzene rings is 2. The second-order valence-corrected chi connectivity index (χ2v) is 5.79. The molecule has 0 radical (unpaired) electrons. The van der Waals surface area contributed by atoms with Crippen LogP contribution in [0.4, 0.5) is 8.78 Å². The number of carbonyl (C=O) groups excluding carboxylic acids is 1. The molecule has 0 atom stereocenters. The van der Waals surface area contributed by atoms with Gasteiger partial charge in [0.25, 0.3) is 0 Å². The van der Waals surface area contributed by atoms with Gasteiger partial charge in [-0.25, -0.2) is 9.79 Å². The van der Waals surface area contributed by atoms with E-state index in [-0.39, 0.29) is 17.3 Å². The highest BCUT2D eigenvalue weighted by molar-refractivity contribution is 6.11. The summed E-state index contributed by atoms with van der Waals surface area (Å²) in [5, 5.41) is 0. The van der Waals surface area contributed by atoms with Crippen molar-refractivity contribution in [3.63, 3.8) is 0 Å². The van der Waals surface area contributed by atoms with Crippen LogP contribution in [0.25, 0.3) is 6.08 Å². The minimum Gasteiger partial charge on any atom is -0.488 e. The topological polar surface area (TPSA) is 57.1 Å². The van der Waals surface area contributed by atoms with Crippen molar-refractivity contribution in [1.29, 1.82) is 0 Å². The fraction of sp³-hybridized carbons (Fsp3) is 0.100. The molecule has 0 fully saturated rings. The van der Waals surface area contributed by atoms with Gasteiger partial charge in [-0.3, -0.25) is 0 Å². The molecule has 2 heterocycles. The molecule has 0 aliphatic carbocycles. The smallest absolute Gasteiger partial charge is 0.387 e. The van der Waals surface area contributed by atoms with E-state index < -0.39 is 12.6 Å². The number of rotatable bonds is 4. The largest absolute Gasteiger partial charge is 0.488 e. The van der Waals surface area contributed by atoms with Crippen LogP contribution in [0.5, 0.6) is 11.5 Å². The zero-order valence-corrected chi connectivity index (χ0v) is 13.9. The molecule has 2 aromatic rings. The third-order valence-electron chi connectivity index (χ3n) is 3.90. The van der Waals surface area contributed by atoms with Gasteiger partial charge in [0.05, 0.1) is 0 Å². The number of carbonyl (C=O) groups is 1. The second kappa shape index (κ2) is 7.03. The van der Waals surface area contributed by atoms with E-state index in [0.29, 0.717) is 12.2 Å². The zero-order chi connectivity index (χ0) is 18.8. The number of alkyl halides is 2. The first kappa shape index (κ1) is 17.0. The fourth-order valence-corrected chi connectivity index (χ4v) is 2.73. The van der Waals surface area contributed by atoms with Gasteiger partial charge in [-0.2, -0.15) is 8.78 Å². The highest BCUT2D eigenvalue weighted by Gasteiger charge is 2.25. The van der Waals surface area contributed by atoms with Gasteiger partial charge in [0, 0.05) is 11.1 Å². The average molecular weight is 369 g/mol. The Morgan fingerprint density at radius 3 is 2.85 bits per heavy atom. The van der Waals surface area contributed by atoms with Crippen LogP contribution in [-0.2, 0) is 9.53 Å². The minimum atomic E-state index is -2.94. The molecule has 2 aliphatic rings. The number of para-hydroxylation sites is 1. The standard InChI is InChI=1S/C20H13F2NO4/c21-20(22)26-15-6-3-5-14(10-15)18-23-16(19(24)27-18)9-12-8-13-4-1-2-7-17(13)25-11-12/h1-10,20H,11H2/b16-9-. The van der Waals surface area contributed by atoms with Crippen LogP contribution in [0.1, 0.15) is 11.1 Å². The number of ether oxygens (including phenoxy) is 3. The highest BCUT2D eigenvalue weighted by Crippen LogP contribution is 2.28. The van der Waals surface area contributed by atoms with E-state index >= 15 is 0 Å². The van der Waals surface area contributed by atoms with Crippen molar-refractivity contribution in [3.05, 3.63) is 77.0 Å². The molecular formula is C20H13F2NO4. The number of halogens is 2. The monoisotopic (exact) mass is 369 g/mol.